The molecule has 144 valence electrons. The van der Waals surface area contributed by atoms with Gasteiger partial charge in [0.05, 0.1) is 17.5 Å². The first kappa shape index (κ1) is 18.8. The molecule has 0 unspecified atom stereocenters. The molecule has 6 heteroatoms. The third-order valence-electron chi connectivity index (χ3n) is 4.47. The first-order valence-electron chi connectivity index (χ1n) is 9.04. The van der Waals surface area contributed by atoms with Crippen LogP contribution in [0.4, 0.5) is 0 Å². The second-order valence-electron chi connectivity index (χ2n) is 6.47. The number of hydrogen-bond donors (Lipinski definition) is 1. The van der Waals surface area contributed by atoms with Gasteiger partial charge in [0.25, 0.3) is 5.91 Å². The quantitative estimate of drug-likeness (QED) is 0.355. The van der Waals surface area contributed by atoms with Gasteiger partial charge >= 0.3 is 0 Å². The third-order valence-corrected chi connectivity index (χ3v) is 4.88. The Morgan fingerprint density at radius 3 is 2.66 bits per heavy atom. The van der Waals surface area contributed by atoms with E-state index in [1.807, 2.05) is 78.5 Å². The third kappa shape index (κ3) is 4.15. The normalized spacial score (nSPS) is 11.1. The molecular formula is C23H18ClN3O2. The Morgan fingerprint density at radius 1 is 1.07 bits per heavy atom. The molecule has 2 aromatic carbocycles. The van der Waals surface area contributed by atoms with Crippen molar-refractivity contribution < 1.29 is 9.21 Å². The lowest BCUT2D eigenvalue weighted by atomic mass is 10.1. The summed E-state index contributed by atoms with van der Waals surface area (Å²) in [5.74, 6) is 0.899. The number of furan rings is 1. The molecule has 0 bridgehead atoms. The number of halogens is 1. The minimum absolute atomic E-state index is 0.303. The van der Waals surface area contributed by atoms with E-state index in [0.717, 1.165) is 16.8 Å². The number of carbonyl (C=O) groups is 1. The largest absolute Gasteiger partial charge is 0.455 e. The minimum atomic E-state index is -0.303. The molecular weight excluding hydrogens is 386 g/mol. The Bertz CT molecular complexity index is 1180. The van der Waals surface area contributed by atoms with Crippen molar-refractivity contribution in [3.8, 4) is 17.0 Å². The van der Waals surface area contributed by atoms with E-state index in [9.17, 15) is 4.79 Å². The highest BCUT2D eigenvalue weighted by molar-refractivity contribution is 6.31. The van der Waals surface area contributed by atoms with Crippen molar-refractivity contribution in [1.82, 2.24) is 9.99 Å². The van der Waals surface area contributed by atoms with Crippen LogP contribution in [0.25, 0.3) is 17.0 Å². The number of amides is 1. The lowest BCUT2D eigenvalue weighted by molar-refractivity contribution is 0.0955. The number of rotatable bonds is 5. The second-order valence-corrected chi connectivity index (χ2v) is 6.88. The van der Waals surface area contributed by atoms with E-state index in [1.54, 1.807) is 12.1 Å². The SMILES string of the molecule is Cc1ccc(-c2ccc(/C=N\NC(=O)c3ccccc3-n3cccc3)o2)cc1Cl. The van der Waals surface area contributed by atoms with E-state index in [-0.39, 0.29) is 5.91 Å². The van der Waals surface area contributed by atoms with Crippen LogP contribution in [0, 0.1) is 6.92 Å². The lowest BCUT2D eigenvalue weighted by Gasteiger charge is -2.08. The molecule has 4 rings (SSSR count). The standard InChI is InChI=1S/C23H18ClN3O2/c1-16-8-9-17(14-20(16)24)22-11-10-18(29-22)15-25-26-23(28)19-6-2-3-7-21(19)27-12-4-5-13-27/h2-15H,1H3,(H,26,28)/b25-15-. The van der Waals surface area contributed by atoms with Gasteiger partial charge in [-0.25, -0.2) is 5.43 Å². The van der Waals surface area contributed by atoms with Crippen LogP contribution in [0.1, 0.15) is 21.7 Å². The van der Waals surface area contributed by atoms with Gasteiger partial charge < -0.3 is 8.98 Å². The van der Waals surface area contributed by atoms with E-state index in [2.05, 4.69) is 10.5 Å². The molecule has 0 saturated carbocycles. The molecule has 0 aliphatic rings. The monoisotopic (exact) mass is 403 g/mol. The maximum atomic E-state index is 12.6. The van der Waals surface area contributed by atoms with Crippen LogP contribution in [-0.2, 0) is 0 Å². The average Bonchev–Trinajstić information content (AvgIpc) is 3.42. The molecule has 0 radical (unpaired) electrons. The Labute approximate surface area is 173 Å². The van der Waals surface area contributed by atoms with Crippen LogP contribution in [0.15, 0.2) is 88.6 Å². The summed E-state index contributed by atoms with van der Waals surface area (Å²) in [6.07, 6.45) is 5.24. The number of hydrogen-bond acceptors (Lipinski definition) is 3. The van der Waals surface area contributed by atoms with Crippen molar-refractivity contribution in [1.29, 1.82) is 0 Å². The molecule has 5 nitrogen and oxygen atoms in total. The van der Waals surface area contributed by atoms with Gasteiger partial charge in [-0.2, -0.15) is 5.10 Å². The fraction of sp³-hybridized carbons (Fsp3) is 0.0435. The van der Waals surface area contributed by atoms with Crippen molar-refractivity contribution >= 4 is 23.7 Å². The van der Waals surface area contributed by atoms with Gasteiger partial charge in [-0.3, -0.25) is 4.79 Å². The number of para-hydroxylation sites is 1. The van der Waals surface area contributed by atoms with Crippen LogP contribution in [0.2, 0.25) is 5.02 Å². The van der Waals surface area contributed by atoms with Gasteiger partial charge in [0.15, 0.2) is 0 Å². The fourth-order valence-electron chi connectivity index (χ4n) is 2.92. The highest BCUT2D eigenvalue weighted by Crippen LogP contribution is 2.26. The summed E-state index contributed by atoms with van der Waals surface area (Å²) in [6, 6.07) is 20.5. The highest BCUT2D eigenvalue weighted by Gasteiger charge is 2.11. The van der Waals surface area contributed by atoms with E-state index < -0.39 is 0 Å². The van der Waals surface area contributed by atoms with E-state index >= 15 is 0 Å². The number of hydrazone groups is 1. The highest BCUT2D eigenvalue weighted by atomic mass is 35.5. The first-order chi connectivity index (χ1) is 14.1. The Balaban J connectivity index is 1.47. The summed E-state index contributed by atoms with van der Waals surface area (Å²) in [7, 11) is 0. The second kappa shape index (κ2) is 8.20. The number of aryl methyl sites for hydroxylation is 1. The Hall–Kier alpha value is -3.57. The molecule has 0 aliphatic heterocycles. The van der Waals surface area contributed by atoms with Crippen molar-refractivity contribution in [2.75, 3.05) is 0 Å². The summed E-state index contributed by atoms with van der Waals surface area (Å²) in [5.41, 5.74) is 5.74. The van der Waals surface area contributed by atoms with E-state index in [1.165, 1.54) is 6.21 Å². The van der Waals surface area contributed by atoms with Gasteiger partial charge in [0.2, 0.25) is 0 Å². The molecule has 4 aromatic rings. The summed E-state index contributed by atoms with van der Waals surface area (Å²) >= 11 is 6.18. The molecule has 0 fully saturated rings. The first-order valence-corrected chi connectivity index (χ1v) is 9.42. The molecule has 2 heterocycles. The maximum absolute atomic E-state index is 12.6. The van der Waals surface area contributed by atoms with Crippen molar-refractivity contribution in [3.63, 3.8) is 0 Å². The van der Waals surface area contributed by atoms with Gasteiger partial charge in [0, 0.05) is 23.0 Å². The van der Waals surface area contributed by atoms with Gasteiger partial charge in [0.1, 0.15) is 11.5 Å². The molecule has 0 spiro atoms. The van der Waals surface area contributed by atoms with Crippen LogP contribution < -0.4 is 5.43 Å². The minimum Gasteiger partial charge on any atom is -0.455 e. The molecule has 2 aromatic heterocycles. The molecule has 1 amide bonds. The molecule has 0 aliphatic carbocycles. The molecule has 0 saturated heterocycles. The summed E-state index contributed by atoms with van der Waals surface area (Å²) in [6.45, 7) is 1.95. The summed E-state index contributed by atoms with van der Waals surface area (Å²) in [5, 5.41) is 4.71. The smallest absolute Gasteiger partial charge is 0.273 e. The number of aromatic nitrogens is 1. The topological polar surface area (TPSA) is 59.5 Å². The van der Waals surface area contributed by atoms with Crippen molar-refractivity contribution in [3.05, 3.63) is 101 Å². The van der Waals surface area contributed by atoms with Gasteiger partial charge in [-0.1, -0.05) is 35.9 Å². The Kier molecular flexibility index (Phi) is 5.31. The van der Waals surface area contributed by atoms with Crippen LogP contribution in [-0.4, -0.2) is 16.7 Å². The van der Waals surface area contributed by atoms with Crippen molar-refractivity contribution in [2.24, 2.45) is 5.10 Å². The number of benzene rings is 2. The zero-order valence-corrected chi connectivity index (χ0v) is 16.4. The fourth-order valence-corrected chi connectivity index (χ4v) is 3.10. The van der Waals surface area contributed by atoms with Crippen LogP contribution in [0.3, 0.4) is 0 Å². The number of carbonyl (C=O) groups excluding carboxylic acids is 1. The number of nitrogens with one attached hydrogen (secondary N) is 1. The predicted octanol–water partition coefficient (Wildman–Crippen LogP) is 5.46. The predicted molar refractivity (Wildman–Crippen MR) is 115 cm³/mol. The van der Waals surface area contributed by atoms with Gasteiger partial charge in [-0.05, 0) is 55.0 Å². The molecule has 0 atom stereocenters. The van der Waals surface area contributed by atoms with Gasteiger partial charge in [-0.15, -0.1) is 0 Å². The van der Waals surface area contributed by atoms with Crippen LogP contribution >= 0.6 is 11.6 Å². The number of nitrogens with zero attached hydrogens (tertiary/aromatic N) is 2. The van der Waals surface area contributed by atoms with Crippen molar-refractivity contribution in [2.45, 2.75) is 6.92 Å². The van der Waals surface area contributed by atoms with E-state index in [4.69, 9.17) is 16.0 Å². The molecule has 29 heavy (non-hydrogen) atoms. The zero-order chi connectivity index (χ0) is 20.2. The lowest BCUT2D eigenvalue weighted by Crippen LogP contribution is -2.19. The van der Waals surface area contributed by atoms with Crippen LogP contribution in [0.5, 0.6) is 0 Å². The Morgan fingerprint density at radius 2 is 1.86 bits per heavy atom. The average molecular weight is 404 g/mol. The zero-order valence-electron chi connectivity index (χ0n) is 15.7. The summed E-state index contributed by atoms with van der Waals surface area (Å²) < 4.78 is 7.65. The van der Waals surface area contributed by atoms with E-state index in [0.29, 0.717) is 22.1 Å². The summed E-state index contributed by atoms with van der Waals surface area (Å²) in [4.78, 5) is 12.6. The maximum Gasteiger partial charge on any atom is 0.273 e. The molecule has 1 N–H and O–H groups in total.